The van der Waals surface area contributed by atoms with E-state index >= 15 is 0 Å². The molecule has 0 unspecified atom stereocenters. The third-order valence-corrected chi connectivity index (χ3v) is 4.68. The summed E-state index contributed by atoms with van der Waals surface area (Å²) in [5.74, 6) is 0.821. The van der Waals surface area contributed by atoms with Crippen LogP contribution in [-0.2, 0) is 0 Å². The molecule has 0 aliphatic heterocycles. The van der Waals surface area contributed by atoms with Crippen molar-refractivity contribution >= 4 is 28.3 Å². The fraction of sp³-hybridized carbons (Fsp3) is 0. The van der Waals surface area contributed by atoms with E-state index in [0.29, 0.717) is 33.8 Å². The Kier molecular flexibility index (Phi) is 3.91. The molecule has 0 atom stereocenters. The number of pyridine rings is 1. The number of nitrogens with zero attached hydrogens (tertiary/aromatic N) is 3. The normalized spacial score (nSPS) is 11.0. The van der Waals surface area contributed by atoms with Gasteiger partial charge in [0.2, 0.25) is 0 Å². The van der Waals surface area contributed by atoms with Crippen LogP contribution >= 0.6 is 0 Å². The number of hydrogen-bond donors (Lipinski definition) is 2. The van der Waals surface area contributed by atoms with Crippen LogP contribution in [0.25, 0.3) is 27.9 Å². The average Bonchev–Trinajstić information content (AvgIpc) is 3.21. The summed E-state index contributed by atoms with van der Waals surface area (Å²) in [7, 11) is 0. The number of H-pyrrole nitrogens is 1. The minimum atomic E-state index is -0.286. The Morgan fingerprint density at radius 3 is 2.55 bits per heavy atom. The first-order valence-electron chi connectivity index (χ1n) is 9.02. The Morgan fingerprint density at radius 2 is 1.76 bits per heavy atom. The van der Waals surface area contributed by atoms with Crippen molar-refractivity contribution in [3.63, 3.8) is 0 Å². The standard InChI is InChI=1S/C22H15N5O2/c28-21(26-19-8-4-5-11-23-19)15-9-10-16-17(12-15)27-18(22(29)25-16)13-24-20(27)14-6-2-1-3-7-14/h1-13H,(H,25,29)(H,23,26,28). The fourth-order valence-corrected chi connectivity index (χ4v) is 3.32. The number of aromatic amines is 1. The quantitative estimate of drug-likeness (QED) is 0.500. The summed E-state index contributed by atoms with van der Waals surface area (Å²) in [6, 6.07) is 20.0. The van der Waals surface area contributed by atoms with Gasteiger partial charge in [0.25, 0.3) is 11.5 Å². The number of hydrogen-bond acceptors (Lipinski definition) is 4. The highest BCUT2D eigenvalue weighted by Gasteiger charge is 2.15. The number of carbonyl (C=O) groups excluding carboxylic acids is 1. The Hall–Kier alpha value is -4.26. The first-order chi connectivity index (χ1) is 14.2. The van der Waals surface area contributed by atoms with E-state index in [1.807, 2.05) is 30.3 Å². The molecular formula is C22H15N5O2. The molecule has 0 aliphatic carbocycles. The molecule has 3 heterocycles. The van der Waals surface area contributed by atoms with E-state index in [0.717, 1.165) is 5.56 Å². The molecule has 1 amide bonds. The van der Waals surface area contributed by atoms with Crippen LogP contribution in [-0.4, -0.2) is 25.3 Å². The maximum Gasteiger partial charge on any atom is 0.274 e. The summed E-state index contributed by atoms with van der Waals surface area (Å²) in [5.41, 5.74) is 2.81. The van der Waals surface area contributed by atoms with Crippen molar-refractivity contribution in [3.8, 4) is 11.4 Å². The predicted molar refractivity (Wildman–Crippen MR) is 111 cm³/mol. The molecular weight excluding hydrogens is 366 g/mol. The number of fused-ring (bicyclic) bond motifs is 3. The summed E-state index contributed by atoms with van der Waals surface area (Å²) < 4.78 is 1.78. The third kappa shape index (κ3) is 2.94. The van der Waals surface area contributed by atoms with Crippen LogP contribution in [0.2, 0.25) is 0 Å². The molecule has 0 aliphatic rings. The predicted octanol–water partition coefficient (Wildman–Crippen LogP) is 3.49. The van der Waals surface area contributed by atoms with Gasteiger partial charge in [-0.3, -0.25) is 14.0 Å². The molecule has 29 heavy (non-hydrogen) atoms. The minimum absolute atomic E-state index is 0.238. The van der Waals surface area contributed by atoms with Crippen molar-refractivity contribution in [1.29, 1.82) is 0 Å². The summed E-state index contributed by atoms with van der Waals surface area (Å²) in [4.78, 5) is 36.6. The Balaban J connectivity index is 1.69. The van der Waals surface area contributed by atoms with Gasteiger partial charge in [0, 0.05) is 17.3 Å². The number of carbonyl (C=O) groups is 1. The molecule has 7 nitrogen and oxygen atoms in total. The van der Waals surface area contributed by atoms with Gasteiger partial charge >= 0.3 is 0 Å². The van der Waals surface area contributed by atoms with E-state index in [1.165, 1.54) is 0 Å². The number of rotatable bonds is 3. The van der Waals surface area contributed by atoms with Gasteiger partial charge in [0.1, 0.15) is 17.2 Å². The maximum absolute atomic E-state index is 12.7. The van der Waals surface area contributed by atoms with E-state index in [9.17, 15) is 9.59 Å². The summed E-state index contributed by atoms with van der Waals surface area (Å²) >= 11 is 0. The van der Waals surface area contributed by atoms with Crippen molar-refractivity contribution < 1.29 is 4.79 Å². The first kappa shape index (κ1) is 16.9. The Labute approximate surface area is 164 Å². The van der Waals surface area contributed by atoms with Crippen LogP contribution in [0.4, 0.5) is 5.82 Å². The molecule has 5 aromatic rings. The van der Waals surface area contributed by atoms with Gasteiger partial charge in [-0.15, -0.1) is 0 Å². The van der Waals surface area contributed by atoms with Crippen molar-refractivity contribution in [2.45, 2.75) is 0 Å². The molecule has 0 radical (unpaired) electrons. The molecule has 2 aromatic carbocycles. The second-order valence-electron chi connectivity index (χ2n) is 6.52. The van der Waals surface area contributed by atoms with Gasteiger partial charge in [-0.05, 0) is 30.3 Å². The molecule has 7 heteroatoms. The molecule has 5 rings (SSSR count). The van der Waals surface area contributed by atoms with E-state index in [-0.39, 0.29) is 11.5 Å². The second-order valence-corrected chi connectivity index (χ2v) is 6.52. The number of nitrogens with one attached hydrogen (secondary N) is 2. The average molecular weight is 381 g/mol. The Morgan fingerprint density at radius 1 is 0.931 bits per heavy atom. The molecule has 3 aromatic heterocycles. The molecule has 0 spiro atoms. The van der Waals surface area contributed by atoms with Gasteiger partial charge in [-0.2, -0.15) is 0 Å². The zero-order valence-electron chi connectivity index (χ0n) is 15.2. The monoisotopic (exact) mass is 381 g/mol. The lowest BCUT2D eigenvalue weighted by atomic mass is 10.1. The zero-order chi connectivity index (χ0) is 19.8. The van der Waals surface area contributed by atoms with Crippen LogP contribution in [0.1, 0.15) is 10.4 Å². The van der Waals surface area contributed by atoms with E-state index in [2.05, 4.69) is 20.3 Å². The van der Waals surface area contributed by atoms with Crippen LogP contribution in [0.3, 0.4) is 0 Å². The van der Waals surface area contributed by atoms with E-state index in [4.69, 9.17) is 0 Å². The van der Waals surface area contributed by atoms with Crippen molar-refractivity contribution in [2.75, 3.05) is 5.32 Å². The Bertz CT molecular complexity index is 1410. The number of anilines is 1. The highest BCUT2D eigenvalue weighted by Crippen LogP contribution is 2.23. The van der Waals surface area contributed by atoms with Crippen molar-refractivity contribution in [2.24, 2.45) is 0 Å². The van der Waals surface area contributed by atoms with E-state index < -0.39 is 0 Å². The van der Waals surface area contributed by atoms with Crippen LogP contribution in [0, 0.1) is 0 Å². The lowest BCUT2D eigenvalue weighted by Crippen LogP contribution is -2.14. The van der Waals surface area contributed by atoms with Crippen LogP contribution < -0.4 is 10.9 Å². The first-order valence-corrected chi connectivity index (χ1v) is 9.02. The smallest absolute Gasteiger partial charge is 0.274 e. The van der Waals surface area contributed by atoms with Crippen LogP contribution in [0.15, 0.2) is 83.9 Å². The lowest BCUT2D eigenvalue weighted by molar-refractivity contribution is 0.102. The number of aromatic nitrogens is 4. The van der Waals surface area contributed by atoms with Gasteiger partial charge in [-0.1, -0.05) is 36.4 Å². The lowest BCUT2D eigenvalue weighted by Gasteiger charge is -2.09. The van der Waals surface area contributed by atoms with Gasteiger partial charge in [-0.25, -0.2) is 9.97 Å². The SMILES string of the molecule is O=C(Nc1ccccn1)c1ccc2[nH]c(=O)c3cnc(-c4ccccc4)n3c2c1. The van der Waals surface area contributed by atoms with Crippen LogP contribution in [0.5, 0.6) is 0 Å². The van der Waals surface area contributed by atoms with E-state index in [1.54, 1.807) is 53.2 Å². The second kappa shape index (κ2) is 6.72. The number of amides is 1. The summed E-state index contributed by atoms with van der Waals surface area (Å²) in [6.45, 7) is 0. The van der Waals surface area contributed by atoms with Crippen molar-refractivity contribution in [1.82, 2.24) is 19.4 Å². The topological polar surface area (TPSA) is 92.1 Å². The molecule has 2 N–H and O–H groups in total. The van der Waals surface area contributed by atoms with Gasteiger partial charge in [0.05, 0.1) is 17.2 Å². The summed E-state index contributed by atoms with van der Waals surface area (Å²) in [5, 5.41) is 2.78. The number of benzene rings is 2. The van der Waals surface area contributed by atoms with Gasteiger partial charge < -0.3 is 10.3 Å². The maximum atomic E-state index is 12.7. The molecule has 0 fully saturated rings. The summed E-state index contributed by atoms with van der Waals surface area (Å²) in [6.07, 6.45) is 3.16. The van der Waals surface area contributed by atoms with Gasteiger partial charge in [0.15, 0.2) is 0 Å². The minimum Gasteiger partial charge on any atom is -0.319 e. The zero-order valence-corrected chi connectivity index (χ0v) is 15.2. The molecule has 0 saturated heterocycles. The molecule has 0 bridgehead atoms. The fourth-order valence-electron chi connectivity index (χ4n) is 3.32. The molecule has 0 saturated carbocycles. The highest BCUT2D eigenvalue weighted by atomic mass is 16.1. The molecule has 140 valence electrons. The largest absolute Gasteiger partial charge is 0.319 e. The van der Waals surface area contributed by atoms with Crippen molar-refractivity contribution in [3.05, 3.63) is 95.0 Å². The highest BCUT2D eigenvalue weighted by molar-refractivity contribution is 6.05. The number of imidazole rings is 1. The third-order valence-electron chi connectivity index (χ3n) is 4.68.